The molecule has 11 rings (SSSR count). The van der Waals surface area contributed by atoms with Crippen molar-refractivity contribution in [3.8, 4) is 0 Å². The standard InChI is InChI=1S/C58H50N2OS/c1-5-40(43-27-30-49-48-23-13-14-24-51(48)60(52(49)36-43)45-19-7-6-8-20-45)18-15-35-59(38(2)25-26-44-37-61-53-31-28-41-16-9-11-21-46(41)55(44)53)58(4)34-33-50-56-47-22-12-10-17-42(47)29-32-54(56)62-57(50)39(58)3/h5-12,14-22,24-39,49,52H,1,13,23H2,2-4H3/b26-25-,35-15+,40-18+. The SMILES string of the molecule is C=C/C(=C\C=C\N(C(C)/C=C\c1coc2ccc3ccccc3c12)C1(C)C=Cc2c(sc3ccc4ccccc4c23)C1C)C1=CC2C(C=C1)C1=C(C=CCC1)N2c1ccccc1. The van der Waals surface area contributed by atoms with E-state index in [2.05, 4.69) is 213 Å². The maximum absolute atomic E-state index is 6.12. The van der Waals surface area contributed by atoms with Gasteiger partial charge in [0, 0.05) is 61.4 Å². The van der Waals surface area contributed by atoms with Gasteiger partial charge in [-0.25, -0.2) is 0 Å². The number of hydrogen-bond acceptors (Lipinski definition) is 4. The Morgan fingerprint density at radius 2 is 1.66 bits per heavy atom. The van der Waals surface area contributed by atoms with E-state index in [1.54, 1.807) is 5.57 Å². The first kappa shape index (κ1) is 38.3. The fourth-order valence-corrected chi connectivity index (χ4v) is 12.0. The van der Waals surface area contributed by atoms with Gasteiger partial charge >= 0.3 is 0 Å². The highest BCUT2D eigenvalue weighted by Crippen LogP contribution is 2.50. The monoisotopic (exact) mass is 822 g/mol. The molecule has 1 aliphatic heterocycles. The van der Waals surface area contributed by atoms with Crippen LogP contribution in [-0.2, 0) is 0 Å². The molecule has 4 heteroatoms. The van der Waals surface area contributed by atoms with Crippen LogP contribution in [0.25, 0.3) is 54.8 Å². The molecule has 304 valence electrons. The van der Waals surface area contributed by atoms with Gasteiger partial charge in [0.25, 0.3) is 0 Å². The Labute approximate surface area is 368 Å². The largest absolute Gasteiger partial charge is 0.464 e. The van der Waals surface area contributed by atoms with E-state index in [0.29, 0.717) is 5.92 Å². The first-order valence-corrected chi connectivity index (χ1v) is 22.9. The lowest BCUT2D eigenvalue weighted by Gasteiger charge is -2.47. The van der Waals surface area contributed by atoms with Gasteiger partial charge in [0.2, 0.25) is 0 Å². The quantitative estimate of drug-likeness (QED) is 0.135. The fraction of sp³-hybridized carbons (Fsp3) is 0.172. The van der Waals surface area contributed by atoms with E-state index in [4.69, 9.17) is 4.42 Å². The number of fused-ring (bicyclic) bond motifs is 10. The van der Waals surface area contributed by atoms with Crippen molar-refractivity contribution in [1.29, 1.82) is 0 Å². The Bertz CT molecular complexity index is 3180. The molecule has 5 atom stereocenters. The highest BCUT2D eigenvalue weighted by molar-refractivity contribution is 7.19. The van der Waals surface area contributed by atoms with Crippen LogP contribution in [0.4, 0.5) is 5.69 Å². The maximum Gasteiger partial charge on any atom is 0.135 e. The number of allylic oxidation sites excluding steroid dienone is 8. The van der Waals surface area contributed by atoms with Gasteiger partial charge in [-0.05, 0) is 107 Å². The van der Waals surface area contributed by atoms with Gasteiger partial charge in [-0.15, -0.1) is 11.3 Å². The van der Waals surface area contributed by atoms with E-state index in [1.807, 2.05) is 23.7 Å². The molecular formula is C58H50N2OS. The molecular weight excluding hydrogens is 773 g/mol. The summed E-state index contributed by atoms with van der Waals surface area (Å²) in [5.41, 5.74) is 9.49. The van der Waals surface area contributed by atoms with Crippen molar-refractivity contribution in [2.45, 2.75) is 57.2 Å². The summed E-state index contributed by atoms with van der Waals surface area (Å²) in [5.74, 6) is 0.589. The zero-order valence-electron chi connectivity index (χ0n) is 35.5. The Kier molecular flexibility index (Phi) is 9.50. The highest BCUT2D eigenvalue weighted by atomic mass is 32.1. The van der Waals surface area contributed by atoms with Crippen LogP contribution >= 0.6 is 11.3 Å². The van der Waals surface area contributed by atoms with E-state index in [9.17, 15) is 0 Å². The van der Waals surface area contributed by atoms with Crippen LogP contribution in [0.15, 0.2) is 210 Å². The summed E-state index contributed by atoms with van der Waals surface area (Å²) in [6, 6.07) is 37.3. The molecule has 7 aromatic rings. The average molecular weight is 823 g/mol. The predicted octanol–water partition coefficient (Wildman–Crippen LogP) is 15.5. The number of furan rings is 1. The molecule has 3 nitrogen and oxygen atoms in total. The third kappa shape index (κ3) is 6.23. The van der Waals surface area contributed by atoms with Crippen LogP contribution < -0.4 is 4.90 Å². The number of thiophene rings is 1. The Balaban J connectivity index is 0.967. The Morgan fingerprint density at radius 1 is 0.903 bits per heavy atom. The maximum atomic E-state index is 6.12. The third-order valence-corrected chi connectivity index (χ3v) is 15.4. The summed E-state index contributed by atoms with van der Waals surface area (Å²) >= 11 is 1.95. The molecule has 3 heterocycles. The van der Waals surface area contributed by atoms with Crippen LogP contribution in [0, 0.1) is 5.92 Å². The van der Waals surface area contributed by atoms with E-state index in [-0.39, 0.29) is 23.5 Å². The van der Waals surface area contributed by atoms with Crippen molar-refractivity contribution in [3.63, 3.8) is 0 Å². The molecule has 0 radical (unpaired) electrons. The normalized spacial score (nSPS) is 22.6. The van der Waals surface area contributed by atoms with E-state index in [1.165, 1.54) is 59.0 Å². The fourth-order valence-electron chi connectivity index (χ4n) is 10.6. The molecule has 0 bridgehead atoms. The van der Waals surface area contributed by atoms with E-state index in [0.717, 1.165) is 34.9 Å². The van der Waals surface area contributed by atoms with Gasteiger partial charge in [-0.2, -0.15) is 0 Å². The lowest BCUT2D eigenvalue weighted by Crippen LogP contribution is -2.50. The van der Waals surface area contributed by atoms with Gasteiger partial charge in [0.1, 0.15) is 5.58 Å². The third-order valence-electron chi connectivity index (χ3n) is 14.0. The van der Waals surface area contributed by atoms with Crippen LogP contribution in [0.2, 0.25) is 0 Å². The zero-order chi connectivity index (χ0) is 42.0. The topological polar surface area (TPSA) is 19.6 Å². The molecule has 5 aromatic carbocycles. The molecule has 0 N–H and O–H groups in total. The summed E-state index contributed by atoms with van der Waals surface area (Å²) in [6.45, 7) is 11.5. The molecule has 62 heavy (non-hydrogen) atoms. The lowest BCUT2D eigenvalue weighted by atomic mass is 9.77. The molecule has 4 aliphatic rings. The molecule has 0 saturated carbocycles. The molecule has 2 aromatic heterocycles. The number of rotatable bonds is 9. The van der Waals surface area contributed by atoms with Crippen molar-refractivity contribution in [2.75, 3.05) is 4.90 Å². The van der Waals surface area contributed by atoms with Gasteiger partial charge in [0.15, 0.2) is 0 Å². The van der Waals surface area contributed by atoms with Crippen LogP contribution in [0.1, 0.15) is 55.5 Å². The molecule has 0 spiro atoms. The number of para-hydroxylation sites is 1. The van der Waals surface area contributed by atoms with Gasteiger partial charge in [-0.1, -0.05) is 153 Å². The van der Waals surface area contributed by atoms with Crippen molar-refractivity contribution >= 4 is 71.8 Å². The van der Waals surface area contributed by atoms with Crippen LogP contribution in [-0.4, -0.2) is 22.5 Å². The number of hydrogen-bond donors (Lipinski definition) is 0. The second-order valence-corrected chi connectivity index (χ2v) is 18.5. The van der Waals surface area contributed by atoms with Crippen molar-refractivity contribution in [1.82, 2.24) is 4.90 Å². The molecule has 5 unspecified atom stereocenters. The van der Waals surface area contributed by atoms with Gasteiger partial charge in [-0.3, -0.25) is 0 Å². The van der Waals surface area contributed by atoms with E-state index >= 15 is 0 Å². The van der Waals surface area contributed by atoms with Crippen LogP contribution in [0.3, 0.4) is 0 Å². The minimum atomic E-state index is -0.327. The summed E-state index contributed by atoms with van der Waals surface area (Å²) in [4.78, 5) is 6.52. The summed E-state index contributed by atoms with van der Waals surface area (Å²) in [6.07, 6.45) is 34.2. The highest BCUT2D eigenvalue weighted by Gasteiger charge is 2.42. The molecule has 0 fully saturated rings. The Morgan fingerprint density at radius 3 is 2.47 bits per heavy atom. The second-order valence-electron chi connectivity index (χ2n) is 17.4. The van der Waals surface area contributed by atoms with Crippen LogP contribution in [0.5, 0.6) is 0 Å². The molecule has 3 aliphatic carbocycles. The smallest absolute Gasteiger partial charge is 0.135 e. The number of anilines is 1. The molecule has 0 amide bonds. The number of nitrogens with zero attached hydrogens (tertiary/aromatic N) is 2. The lowest BCUT2D eigenvalue weighted by molar-refractivity contribution is 0.163. The molecule has 0 saturated heterocycles. The van der Waals surface area contributed by atoms with Crippen molar-refractivity contribution < 1.29 is 4.42 Å². The summed E-state index contributed by atoms with van der Waals surface area (Å²) in [7, 11) is 0. The minimum absolute atomic E-state index is 0.0403. The first-order valence-electron chi connectivity index (χ1n) is 22.1. The minimum Gasteiger partial charge on any atom is -0.464 e. The predicted molar refractivity (Wildman–Crippen MR) is 265 cm³/mol. The summed E-state index contributed by atoms with van der Waals surface area (Å²) in [5, 5.41) is 7.56. The van der Waals surface area contributed by atoms with E-state index < -0.39 is 0 Å². The number of benzene rings is 5. The first-order chi connectivity index (χ1) is 30.4. The van der Waals surface area contributed by atoms with Gasteiger partial charge < -0.3 is 14.2 Å². The summed E-state index contributed by atoms with van der Waals surface area (Å²) < 4.78 is 7.47. The van der Waals surface area contributed by atoms with Crippen molar-refractivity contribution in [3.05, 3.63) is 221 Å². The van der Waals surface area contributed by atoms with Gasteiger partial charge in [0.05, 0.1) is 17.8 Å². The Hall–Kier alpha value is -6.62. The average Bonchev–Trinajstić information content (AvgIpc) is 4.02. The van der Waals surface area contributed by atoms with Crippen molar-refractivity contribution in [2.24, 2.45) is 5.92 Å². The second kappa shape index (κ2) is 15.4. The zero-order valence-corrected chi connectivity index (χ0v) is 36.4.